The van der Waals surface area contributed by atoms with Gasteiger partial charge in [-0.3, -0.25) is 5.32 Å². The van der Waals surface area contributed by atoms with Crippen LogP contribution in [0.5, 0.6) is 0 Å². The van der Waals surface area contributed by atoms with Crippen LogP contribution in [0.1, 0.15) is 37.2 Å². The third-order valence-electron chi connectivity index (χ3n) is 4.14. The molecule has 0 atom stereocenters. The maximum atomic E-state index is 12.6. The molecule has 0 spiro atoms. The zero-order valence-electron chi connectivity index (χ0n) is 16.0. The number of nitrogens with one attached hydrogen (secondary N) is 1. The van der Waals surface area contributed by atoms with E-state index in [2.05, 4.69) is 34.4 Å². The molecule has 3 rings (SSSR count). The number of hydrogen-bond donors (Lipinski definition) is 1. The summed E-state index contributed by atoms with van der Waals surface area (Å²) in [6.07, 6.45) is 0.524. The highest BCUT2D eigenvalue weighted by atomic mass is 16.5. The molecule has 8 heteroatoms. The number of rotatable bonds is 6. The van der Waals surface area contributed by atoms with Crippen molar-refractivity contribution >= 4 is 11.8 Å². The Kier molecular flexibility index (Phi) is 5.54. The summed E-state index contributed by atoms with van der Waals surface area (Å²) in [7, 11) is 1.73. The zero-order valence-corrected chi connectivity index (χ0v) is 16.0. The van der Waals surface area contributed by atoms with Gasteiger partial charge in [0.05, 0.1) is 11.4 Å². The highest BCUT2D eigenvalue weighted by Gasteiger charge is 2.17. The van der Waals surface area contributed by atoms with Gasteiger partial charge in [0, 0.05) is 33.0 Å². The Morgan fingerprint density at radius 2 is 2.04 bits per heavy atom. The van der Waals surface area contributed by atoms with Gasteiger partial charge >= 0.3 is 6.03 Å². The van der Waals surface area contributed by atoms with E-state index >= 15 is 0 Å². The summed E-state index contributed by atoms with van der Waals surface area (Å²) < 4.78 is 6.70. The Morgan fingerprint density at radius 3 is 2.67 bits per heavy atom. The van der Waals surface area contributed by atoms with Crippen molar-refractivity contribution in [3.05, 3.63) is 53.8 Å². The van der Waals surface area contributed by atoms with Gasteiger partial charge in [0.2, 0.25) is 5.89 Å². The monoisotopic (exact) mass is 368 g/mol. The fourth-order valence-electron chi connectivity index (χ4n) is 2.55. The van der Waals surface area contributed by atoms with Crippen LogP contribution in [0.4, 0.5) is 10.6 Å². The van der Waals surface area contributed by atoms with E-state index in [1.165, 1.54) is 0 Å². The molecule has 1 aromatic carbocycles. The van der Waals surface area contributed by atoms with Gasteiger partial charge in [0.1, 0.15) is 5.82 Å². The second kappa shape index (κ2) is 8.03. The van der Waals surface area contributed by atoms with Gasteiger partial charge in [-0.25, -0.2) is 9.48 Å². The van der Waals surface area contributed by atoms with Crippen LogP contribution in [0.15, 0.2) is 40.9 Å². The van der Waals surface area contributed by atoms with Gasteiger partial charge < -0.3 is 9.42 Å². The molecule has 2 amide bonds. The first kappa shape index (κ1) is 18.6. The van der Waals surface area contributed by atoms with Gasteiger partial charge in [0.25, 0.3) is 0 Å². The molecule has 0 radical (unpaired) electrons. The maximum Gasteiger partial charge on any atom is 0.322 e. The molecular weight excluding hydrogens is 344 g/mol. The number of likely N-dealkylation sites (N-methyl/N-ethyl adjacent to an activating group) is 1. The summed E-state index contributed by atoms with van der Waals surface area (Å²) in [6.45, 7) is 6.36. The van der Waals surface area contributed by atoms with E-state index in [1.54, 1.807) is 23.6 Å². The number of aryl methyl sites for hydroxylation is 1. The number of carbonyl (C=O) groups excluding carboxylic acids is 1. The van der Waals surface area contributed by atoms with Gasteiger partial charge in [-0.05, 0) is 18.1 Å². The van der Waals surface area contributed by atoms with Crippen molar-refractivity contribution in [1.29, 1.82) is 0 Å². The number of anilines is 1. The first-order valence-electron chi connectivity index (χ1n) is 8.90. The maximum absolute atomic E-state index is 12.6. The smallest absolute Gasteiger partial charge is 0.322 e. The summed E-state index contributed by atoms with van der Waals surface area (Å²) in [5.41, 5.74) is 1.81. The number of aromatic nitrogens is 4. The fourth-order valence-corrected chi connectivity index (χ4v) is 2.55. The van der Waals surface area contributed by atoms with Crippen molar-refractivity contribution in [3.63, 3.8) is 0 Å². The number of urea groups is 1. The minimum absolute atomic E-state index is 0.220. The highest BCUT2D eigenvalue weighted by molar-refractivity contribution is 5.88. The van der Waals surface area contributed by atoms with E-state index in [1.807, 2.05) is 36.4 Å². The Morgan fingerprint density at radius 1 is 1.30 bits per heavy atom. The largest absolute Gasteiger partial charge is 0.340 e. The molecule has 3 aromatic rings. The van der Waals surface area contributed by atoms with Crippen molar-refractivity contribution in [3.8, 4) is 5.69 Å². The Labute approximate surface area is 158 Å². The molecule has 0 bridgehead atoms. The van der Waals surface area contributed by atoms with E-state index < -0.39 is 0 Å². The molecule has 0 unspecified atom stereocenters. The average Bonchev–Trinajstić information content (AvgIpc) is 3.26. The van der Waals surface area contributed by atoms with Crippen LogP contribution in [-0.4, -0.2) is 44.4 Å². The van der Waals surface area contributed by atoms with Crippen LogP contribution in [0.25, 0.3) is 5.69 Å². The van der Waals surface area contributed by atoms with Gasteiger partial charge in [-0.2, -0.15) is 10.1 Å². The van der Waals surface area contributed by atoms with Gasteiger partial charge in [-0.15, -0.1) is 0 Å². The number of amides is 2. The molecule has 8 nitrogen and oxygen atoms in total. The molecule has 0 saturated heterocycles. The van der Waals surface area contributed by atoms with Crippen LogP contribution >= 0.6 is 0 Å². The van der Waals surface area contributed by atoms with E-state index in [0.29, 0.717) is 30.5 Å². The predicted molar refractivity (Wildman–Crippen MR) is 102 cm³/mol. The molecule has 0 saturated carbocycles. The lowest BCUT2D eigenvalue weighted by Crippen LogP contribution is -2.33. The third-order valence-corrected chi connectivity index (χ3v) is 4.14. The Hall–Kier alpha value is -3.16. The lowest BCUT2D eigenvalue weighted by atomic mass is 10.1. The summed E-state index contributed by atoms with van der Waals surface area (Å²) in [5, 5.41) is 11.4. The molecule has 2 heterocycles. The number of hydrogen-bond acceptors (Lipinski definition) is 5. The molecule has 0 fully saturated rings. The van der Waals surface area contributed by atoms with Crippen LogP contribution < -0.4 is 5.32 Å². The molecule has 0 aliphatic rings. The van der Waals surface area contributed by atoms with Crippen LogP contribution in [0, 0.1) is 6.92 Å². The van der Waals surface area contributed by atoms with Crippen molar-refractivity contribution in [2.75, 3.05) is 18.9 Å². The van der Waals surface area contributed by atoms with Crippen LogP contribution in [0.3, 0.4) is 0 Å². The predicted octanol–water partition coefficient (Wildman–Crippen LogP) is 3.39. The zero-order chi connectivity index (χ0) is 19.4. The second-order valence-corrected chi connectivity index (χ2v) is 6.69. The van der Waals surface area contributed by atoms with E-state index in [9.17, 15) is 4.79 Å². The summed E-state index contributed by atoms with van der Waals surface area (Å²) >= 11 is 0. The van der Waals surface area contributed by atoms with Crippen molar-refractivity contribution in [2.24, 2.45) is 0 Å². The minimum Gasteiger partial charge on any atom is -0.340 e. The van der Waals surface area contributed by atoms with Crippen LogP contribution in [-0.2, 0) is 6.42 Å². The van der Waals surface area contributed by atoms with Crippen LogP contribution in [0.2, 0.25) is 0 Å². The molecule has 2 aromatic heterocycles. The Bertz CT molecular complexity index is 900. The first-order chi connectivity index (χ1) is 12.9. The average molecular weight is 368 g/mol. The SMILES string of the molecule is Cc1nc(CCN(C)C(=O)Nc2cc(C(C)C)nn2-c2ccccc2)no1. The van der Waals surface area contributed by atoms with Gasteiger partial charge in [-0.1, -0.05) is 37.2 Å². The highest BCUT2D eigenvalue weighted by Crippen LogP contribution is 2.22. The normalized spacial score (nSPS) is 11.0. The minimum atomic E-state index is -0.220. The third kappa shape index (κ3) is 4.52. The number of benzene rings is 1. The molecule has 0 aliphatic carbocycles. The number of para-hydroxylation sites is 1. The number of carbonyl (C=O) groups is 1. The second-order valence-electron chi connectivity index (χ2n) is 6.69. The molecular formula is C19H24N6O2. The van der Waals surface area contributed by atoms with Gasteiger partial charge in [0.15, 0.2) is 5.82 Å². The lowest BCUT2D eigenvalue weighted by molar-refractivity contribution is 0.222. The van der Waals surface area contributed by atoms with E-state index in [-0.39, 0.29) is 11.9 Å². The number of nitrogens with zero attached hydrogens (tertiary/aromatic N) is 5. The molecule has 1 N–H and O–H groups in total. The quantitative estimate of drug-likeness (QED) is 0.720. The topological polar surface area (TPSA) is 89.1 Å². The van der Waals surface area contributed by atoms with E-state index in [4.69, 9.17) is 4.52 Å². The van der Waals surface area contributed by atoms with Crippen molar-refractivity contribution in [2.45, 2.75) is 33.1 Å². The molecule has 142 valence electrons. The lowest BCUT2D eigenvalue weighted by Gasteiger charge is -2.17. The fraction of sp³-hybridized carbons (Fsp3) is 0.368. The molecule has 27 heavy (non-hydrogen) atoms. The van der Waals surface area contributed by atoms with E-state index in [0.717, 1.165) is 11.4 Å². The van der Waals surface area contributed by atoms with Crippen molar-refractivity contribution < 1.29 is 9.32 Å². The Balaban J connectivity index is 1.72. The summed E-state index contributed by atoms with van der Waals surface area (Å²) in [5.74, 6) is 2.00. The summed E-state index contributed by atoms with van der Waals surface area (Å²) in [4.78, 5) is 18.3. The summed E-state index contributed by atoms with van der Waals surface area (Å²) in [6, 6.07) is 11.4. The standard InChI is InChI=1S/C19H24N6O2/c1-13(2)16-12-18(25(22-16)15-8-6-5-7-9-15)21-19(26)24(4)11-10-17-20-14(3)27-23-17/h5-9,12-13H,10-11H2,1-4H3,(H,21,26). The first-order valence-corrected chi connectivity index (χ1v) is 8.90. The molecule has 0 aliphatic heterocycles. The van der Waals surface area contributed by atoms with Crippen molar-refractivity contribution in [1.82, 2.24) is 24.8 Å².